The molecule has 8 aromatic carbocycles. The molecule has 0 heterocycles. The van der Waals surface area contributed by atoms with Gasteiger partial charge in [-0.3, -0.25) is 0 Å². The van der Waals surface area contributed by atoms with E-state index in [0.29, 0.717) is 0 Å². The van der Waals surface area contributed by atoms with Crippen molar-refractivity contribution in [3.05, 3.63) is 180 Å². The molecule has 0 heteroatoms. The normalized spacial score (nSPS) is 14.7. The summed E-state index contributed by atoms with van der Waals surface area (Å²) in [6.45, 7) is 9.55. The fraction of sp³-hybridized carbons (Fsp3) is 0.120. The van der Waals surface area contributed by atoms with E-state index in [1.165, 1.54) is 99.4 Å². The van der Waals surface area contributed by atoms with Gasteiger partial charge in [-0.1, -0.05) is 161 Å². The molecule has 0 spiro atoms. The van der Waals surface area contributed by atoms with Crippen LogP contribution in [0, 0.1) is 0 Å². The first-order valence-electron chi connectivity index (χ1n) is 17.9. The minimum atomic E-state index is -0.0982. The van der Waals surface area contributed by atoms with Crippen LogP contribution in [0.25, 0.3) is 77.2 Å². The first kappa shape index (κ1) is 29.2. The average Bonchev–Trinajstić information content (AvgIpc) is 3.54. The second kappa shape index (κ2) is 10.4. The zero-order chi connectivity index (χ0) is 33.8. The smallest absolute Gasteiger partial charge is 0.0165 e. The van der Waals surface area contributed by atoms with Gasteiger partial charge in [0.25, 0.3) is 0 Å². The van der Waals surface area contributed by atoms with Crippen LogP contribution in [-0.2, 0) is 10.8 Å². The minimum Gasteiger partial charge on any atom is -0.0619 e. The maximum atomic E-state index is 2.47. The maximum Gasteiger partial charge on any atom is 0.0165 e. The van der Waals surface area contributed by atoms with E-state index in [4.69, 9.17) is 0 Å². The molecule has 0 atom stereocenters. The van der Waals surface area contributed by atoms with Gasteiger partial charge in [0.2, 0.25) is 0 Å². The van der Waals surface area contributed by atoms with Crippen LogP contribution in [0.15, 0.2) is 158 Å². The van der Waals surface area contributed by atoms with Crippen molar-refractivity contribution >= 4 is 21.5 Å². The van der Waals surface area contributed by atoms with Crippen molar-refractivity contribution < 1.29 is 0 Å². The Bertz CT molecular complexity index is 2510. The van der Waals surface area contributed by atoms with Crippen molar-refractivity contribution in [2.45, 2.75) is 38.5 Å². The van der Waals surface area contributed by atoms with Crippen LogP contribution in [0.4, 0.5) is 0 Å². The van der Waals surface area contributed by atoms with Crippen LogP contribution >= 0.6 is 0 Å². The summed E-state index contributed by atoms with van der Waals surface area (Å²) in [5, 5.41) is 5.08. The molecule has 8 aromatic rings. The van der Waals surface area contributed by atoms with Crippen LogP contribution in [0.1, 0.15) is 49.9 Å². The molecule has 0 aromatic heterocycles. The lowest BCUT2D eigenvalue weighted by molar-refractivity contribution is 0.662. The summed E-state index contributed by atoms with van der Waals surface area (Å²) in [7, 11) is 0. The number of hydrogen-bond acceptors (Lipinski definition) is 0. The third kappa shape index (κ3) is 4.00. The molecule has 0 N–H and O–H groups in total. The zero-order valence-corrected chi connectivity index (χ0v) is 29.0. The molecule has 0 radical (unpaired) electrons. The highest BCUT2D eigenvalue weighted by Gasteiger charge is 2.38. The standard InChI is InChI=1S/C50H38/c1-49(2)45-25-11-9-19-39(45)41-23-13-21-37(47(41)49)33-27-31-15-5-7-17-35(31)43(29-33)44-30-34(28-32-16-6-8-18-36(32)44)38-22-14-24-42-40-20-10-12-26-46(40)50(3,4)48(38)42/h5-30H,1-4H3. The average molecular weight is 639 g/mol. The highest BCUT2D eigenvalue weighted by atomic mass is 14.4. The van der Waals surface area contributed by atoms with Crippen molar-refractivity contribution in [3.63, 3.8) is 0 Å². The lowest BCUT2D eigenvalue weighted by atomic mass is 9.77. The van der Waals surface area contributed by atoms with Gasteiger partial charge >= 0.3 is 0 Å². The molecule has 2 aliphatic rings. The fourth-order valence-electron chi connectivity index (χ4n) is 9.55. The van der Waals surface area contributed by atoms with Crippen molar-refractivity contribution in [3.8, 4) is 55.6 Å². The van der Waals surface area contributed by atoms with Crippen molar-refractivity contribution in [1.82, 2.24) is 0 Å². The zero-order valence-electron chi connectivity index (χ0n) is 29.0. The first-order chi connectivity index (χ1) is 24.3. The molecule has 0 bridgehead atoms. The lowest BCUT2D eigenvalue weighted by Crippen LogP contribution is -2.16. The summed E-state index contributed by atoms with van der Waals surface area (Å²) < 4.78 is 0. The molecule has 50 heavy (non-hydrogen) atoms. The summed E-state index contributed by atoms with van der Waals surface area (Å²) in [5.41, 5.74) is 18.6. The predicted molar refractivity (Wildman–Crippen MR) is 213 cm³/mol. The summed E-state index contributed by atoms with van der Waals surface area (Å²) in [5.74, 6) is 0. The quantitative estimate of drug-likeness (QED) is 0.181. The van der Waals surface area contributed by atoms with E-state index < -0.39 is 0 Å². The van der Waals surface area contributed by atoms with Crippen molar-refractivity contribution in [2.75, 3.05) is 0 Å². The predicted octanol–water partition coefficient (Wildman–Crippen LogP) is 13.6. The van der Waals surface area contributed by atoms with Crippen LogP contribution in [0.3, 0.4) is 0 Å². The summed E-state index contributed by atoms with van der Waals surface area (Å²) in [4.78, 5) is 0. The molecule has 0 amide bonds. The van der Waals surface area contributed by atoms with Gasteiger partial charge in [-0.25, -0.2) is 0 Å². The second-order valence-corrected chi connectivity index (χ2v) is 15.3. The molecular formula is C50H38. The third-order valence-electron chi connectivity index (χ3n) is 11.8. The Hall–Kier alpha value is -5.72. The summed E-state index contributed by atoms with van der Waals surface area (Å²) in [6.07, 6.45) is 0. The van der Waals surface area contributed by atoms with E-state index in [9.17, 15) is 0 Å². The van der Waals surface area contributed by atoms with E-state index in [2.05, 4.69) is 185 Å². The van der Waals surface area contributed by atoms with Crippen LogP contribution < -0.4 is 0 Å². The first-order valence-corrected chi connectivity index (χ1v) is 17.9. The van der Waals surface area contributed by atoms with E-state index in [1.54, 1.807) is 0 Å². The van der Waals surface area contributed by atoms with Gasteiger partial charge in [-0.15, -0.1) is 0 Å². The Labute approximate surface area is 294 Å². The Morgan fingerprint density at radius 1 is 0.300 bits per heavy atom. The minimum absolute atomic E-state index is 0.0982. The molecule has 10 rings (SSSR count). The van der Waals surface area contributed by atoms with Crippen molar-refractivity contribution in [2.24, 2.45) is 0 Å². The van der Waals surface area contributed by atoms with Crippen molar-refractivity contribution in [1.29, 1.82) is 0 Å². The molecule has 0 unspecified atom stereocenters. The Kier molecular flexibility index (Phi) is 6.07. The van der Waals surface area contributed by atoms with E-state index >= 15 is 0 Å². The molecule has 0 saturated heterocycles. The largest absolute Gasteiger partial charge is 0.0619 e. The van der Waals surface area contributed by atoms with Gasteiger partial charge in [0.1, 0.15) is 0 Å². The van der Waals surface area contributed by atoms with E-state index in [0.717, 1.165) is 0 Å². The van der Waals surface area contributed by atoms with Gasteiger partial charge in [0.05, 0.1) is 0 Å². The van der Waals surface area contributed by atoms with Crippen LogP contribution in [-0.4, -0.2) is 0 Å². The molecule has 0 saturated carbocycles. The number of hydrogen-bond donors (Lipinski definition) is 0. The monoisotopic (exact) mass is 638 g/mol. The number of rotatable bonds is 3. The van der Waals surface area contributed by atoms with Gasteiger partial charge in [-0.2, -0.15) is 0 Å². The highest BCUT2D eigenvalue weighted by Crippen LogP contribution is 2.54. The highest BCUT2D eigenvalue weighted by molar-refractivity contribution is 6.09. The number of benzene rings is 8. The van der Waals surface area contributed by atoms with Crippen LogP contribution in [0.2, 0.25) is 0 Å². The number of fused-ring (bicyclic) bond motifs is 8. The van der Waals surface area contributed by atoms with Gasteiger partial charge < -0.3 is 0 Å². The van der Waals surface area contributed by atoms with Gasteiger partial charge in [-0.05, 0) is 124 Å². The Morgan fingerprint density at radius 3 is 1.12 bits per heavy atom. The molecule has 0 aliphatic heterocycles. The Balaban J connectivity index is 1.24. The molecule has 238 valence electrons. The Morgan fingerprint density at radius 2 is 0.660 bits per heavy atom. The molecular weight excluding hydrogens is 601 g/mol. The maximum absolute atomic E-state index is 2.47. The summed E-state index contributed by atoms with van der Waals surface area (Å²) >= 11 is 0. The van der Waals surface area contributed by atoms with E-state index in [-0.39, 0.29) is 10.8 Å². The van der Waals surface area contributed by atoms with Crippen LogP contribution in [0.5, 0.6) is 0 Å². The summed E-state index contributed by atoms with van der Waals surface area (Å²) in [6, 6.07) is 59.3. The fourth-order valence-corrected chi connectivity index (χ4v) is 9.55. The molecule has 2 aliphatic carbocycles. The molecule has 0 fully saturated rings. The topological polar surface area (TPSA) is 0 Å². The molecule has 0 nitrogen and oxygen atoms in total. The van der Waals surface area contributed by atoms with Gasteiger partial charge in [0.15, 0.2) is 0 Å². The third-order valence-corrected chi connectivity index (χ3v) is 11.8. The van der Waals surface area contributed by atoms with E-state index in [1.807, 2.05) is 0 Å². The van der Waals surface area contributed by atoms with Gasteiger partial charge in [0, 0.05) is 10.8 Å². The second-order valence-electron chi connectivity index (χ2n) is 15.3. The SMILES string of the molecule is CC1(C)c2ccccc2-c2cccc(-c3cc(-c4cc(-c5cccc6c5C(C)(C)c5ccccc5-6)cc5ccccc45)c4ccccc4c3)c21. The lowest BCUT2D eigenvalue weighted by Gasteiger charge is -2.25.